The molecule has 336 valence electrons. The second kappa shape index (κ2) is 22.0. The first kappa shape index (κ1) is 50.8. The molecule has 1 fully saturated rings. The third kappa shape index (κ3) is 16.4. The molecule has 6 N–H and O–H groups in total. The van der Waals surface area contributed by atoms with Gasteiger partial charge in [-0.3, -0.25) is 32.9 Å². The number of phosphoric ester groups is 3. The molecule has 0 bridgehead atoms. The zero-order valence-electron chi connectivity index (χ0n) is 31.4. The number of nitrogens with one attached hydrogen (secondary N) is 2. The largest absolute Gasteiger partial charge is 0.790 e. The molecule has 0 spiro atoms. The Morgan fingerprint density at radius 3 is 2.37 bits per heavy atom. The number of nitrogens with two attached hydrogens (primary N) is 1. The Balaban J connectivity index is 1.43. The number of anilines is 1. The van der Waals surface area contributed by atoms with Crippen molar-refractivity contribution in [1.29, 1.82) is 0 Å². The number of nitrogen functional groups attached to an aromatic ring is 1. The van der Waals surface area contributed by atoms with Crippen molar-refractivity contribution in [2.75, 3.05) is 37.8 Å². The first-order valence-electron chi connectivity index (χ1n) is 17.1. The van der Waals surface area contributed by atoms with E-state index in [0.717, 1.165) is 42.8 Å². The van der Waals surface area contributed by atoms with E-state index in [-0.39, 0.29) is 55.1 Å². The quantitative estimate of drug-likeness (QED) is 0.0270. The molecule has 1 aliphatic heterocycles. The predicted molar refractivity (Wildman–Crippen MR) is 191 cm³/mol. The first-order chi connectivity index (χ1) is 27.8. The Morgan fingerprint density at radius 2 is 1.70 bits per heavy atom. The maximum atomic E-state index is 12.5. The average molecular weight is 931 g/mol. The Morgan fingerprint density at radius 1 is 1.03 bits per heavy atom. The van der Waals surface area contributed by atoms with Gasteiger partial charge in [-0.2, -0.15) is 0 Å². The molecule has 60 heavy (non-hydrogen) atoms. The van der Waals surface area contributed by atoms with Crippen LogP contribution in [-0.2, 0) is 60.3 Å². The van der Waals surface area contributed by atoms with E-state index in [9.17, 15) is 72.6 Å². The van der Waals surface area contributed by atoms with E-state index in [4.69, 9.17) is 10.5 Å². The average Bonchev–Trinajstić information content (AvgIpc) is 3.69. The van der Waals surface area contributed by atoms with Gasteiger partial charge in [-0.1, -0.05) is 37.8 Å². The summed E-state index contributed by atoms with van der Waals surface area (Å²) in [5, 5.41) is 35.9. The fraction of sp³-hybridized carbons (Fsp3) is 0.586. The fourth-order valence-corrected chi connectivity index (χ4v) is 8.38. The highest BCUT2D eigenvalue weighted by Crippen LogP contribution is 2.56. The molecule has 7 atom stereocenters. The normalized spacial score (nSPS) is 21.0. The Kier molecular flexibility index (Phi) is 18.6. The number of aliphatic carboxylic acids is 1. The number of carboxylic acid groups (broad SMARTS) is 1. The van der Waals surface area contributed by atoms with E-state index in [0.29, 0.717) is 0 Å². The lowest BCUT2D eigenvalue weighted by atomic mass is 9.87. The number of carbonyl (C=O) groups excluding carboxylic acids is 5. The lowest BCUT2D eigenvalue weighted by Crippen LogP contribution is -2.46. The van der Waals surface area contributed by atoms with Gasteiger partial charge in [-0.15, -0.1) is 0 Å². The number of imidazole rings is 1. The van der Waals surface area contributed by atoms with Gasteiger partial charge in [-0.05, 0) is 0 Å². The third-order valence-electron chi connectivity index (χ3n) is 7.88. The number of hydrogen-bond acceptors (Lipinski definition) is 25. The van der Waals surface area contributed by atoms with Crippen LogP contribution in [0.25, 0.3) is 11.2 Å². The van der Waals surface area contributed by atoms with E-state index in [1.807, 2.05) is 0 Å². The molecule has 2 aromatic heterocycles. The van der Waals surface area contributed by atoms with Gasteiger partial charge in [0.1, 0.15) is 42.0 Å². The van der Waals surface area contributed by atoms with Crippen molar-refractivity contribution in [2.24, 2.45) is 5.41 Å². The number of ether oxygens (including phenoxy) is 1. The molecule has 3 heterocycles. The second-order valence-electron chi connectivity index (χ2n) is 13.2. The van der Waals surface area contributed by atoms with Gasteiger partial charge >= 0.3 is 0 Å². The number of nitrogens with zero attached hydrogens (tertiary/aromatic N) is 4. The number of allylic oxidation sites excluding steroid dienone is 1. The van der Waals surface area contributed by atoms with Crippen molar-refractivity contribution >= 4 is 80.9 Å². The van der Waals surface area contributed by atoms with Gasteiger partial charge in [0.15, 0.2) is 22.8 Å². The zero-order valence-corrected chi connectivity index (χ0v) is 34.9. The molecule has 0 aromatic carbocycles. The maximum absolute atomic E-state index is 12.5. The van der Waals surface area contributed by atoms with Gasteiger partial charge in [0.25, 0.3) is 15.6 Å². The molecule has 27 nitrogen and oxygen atoms in total. The molecule has 1 aliphatic rings. The van der Waals surface area contributed by atoms with E-state index >= 15 is 0 Å². The number of thioether (sulfide) groups is 1. The van der Waals surface area contributed by atoms with Gasteiger partial charge < -0.3 is 78.9 Å². The SMILES string of the molecule is CC(C)(COP(=O)([O-])OP(=O)([O-])OC[C@H]1O[C@@H](n2cnc3c(N)ncnc32)[C@H](O)[C@@H]1OP(=O)([O-])[O-])[C@@H](O)C(=O)NCCC(=O)NCCSC(=O)CC(=O)CC=CCC(=O)[O-]. The van der Waals surface area contributed by atoms with Crippen LogP contribution in [-0.4, -0.2) is 115 Å². The Hall–Kier alpha value is -3.56. The summed E-state index contributed by atoms with van der Waals surface area (Å²) in [6.45, 7) is -0.305. The van der Waals surface area contributed by atoms with Gasteiger partial charge in [-0.25, -0.2) is 19.3 Å². The molecule has 31 heteroatoms. The molecule has 3 rings (SSSR count). The maximum Gasteiger partial charge on any atom is 0.274 e. The summed E-state index contributed by atoms with van der Waals surface area (Å²) in [5.74, 6) is -3.38. The van der Waals surface area contributed by atoms with Crippen molar-refractivity contribution in [3.05, 3.63) is 24.8 Å². The topological polar surface area (TPSA) is 432 Å². The van der Waals surface area contributed by atoms with Crippen LogP contribution < -0.4 is 41.0 Å². The number of rotatable bonds is 25. The third-order valence-corrected chi connectivity index (χ3v) is 11.8. The molecule has 2 aromatic rings. The number of aliphatic hydroxyl groups excluding tert-OH is 2. The summed E-state index contributed by atoms with van der Waals surface area (Å²) in [4.78, 5) is 118. The fourth-order valence-electron chi connectivity index (χ4n) is 4.95. The molecule has 0 saturated carbocycles. The standard InChI is InChI=1S/C29H44N7O20P3S/c1-29(2,24(43)27(44)32-8-7-18(38)31-9-10-60-20(41)11-16(37)5-3-4-6-19(39)40)13-53-59(50,51)56-58(48,49)52-12-17-23(55-57(45,46)47)22(42)28(54-17)36-15-35-21-25(30)33-14-34-26(21)36/h3-4,14-15,17,22-24,28,42-43H,5-13H2,1-2H3,(H,31,38)(H,32,44)(H,39,40)(H,48,49)(H,50,51)(H2,30,33,34)(H2,45,46,47)/p-5/t17-,22-,23-,24+,28-/m1/s1. The lowest BCUT2D eigenvalue weighted by Gasteiger charge is -2.36. The number of ketones is 1. The number of aromatic nitrogens is 4. The van der Waals surface area contributed by atoms with Crippen LogP contribution in [0.2, 0.25) is 0 Å². The second-order valence-corrected chi connectivity index (χ2v) is 18.4. The molecular weight excluding hydrogens is 891 g/mol. The monoisotopic (exact) mass is 930 g/mol. The number of hydrogen-bond donors (Lipinski definition) is 5. The Labute approximate surface area is 343 Å². The first-order valence-corrected chi connectivity index (χ1v) is 22.5. The van der Waals surface area contributed by atoms with Crippen molar-refractivity contribution < 1.29 is 95.2 Å². The zero-order chi connectivity index (χ0) is 45.1. The molecule has 0 radical (unpaired) electrons. The van der Waals surface area contributed by atoms with Gasteiger partial charge in [0.2, 0.25) is 11.8 Å². The summed E-state index contributed by atoms with van der Waals surface area (Å²) in [6, 6.07) is 0. The highest BCUT2D eigenvalue weighted by molar-refractivity contribution is 8.13. The van der Waals surface area contributed by atoms with Crippen molar-refractivity contribution in [1.82, 2.24) is 30.2 Å². The molecule has 1 saturated heterocycles. The minimum atomic E-state index is -5.95. The van der Waals surface area contributed by atoms with E-state index in [1.165, 1.54) is 12.2 Å². The number of carboxylic acids is 1. The van der Waals surface area contributed by atoms with Crippen LogP contribution in [0.1, 0.15) is 45.8 Å². The number of fused-ring (bicyclic) bond motifs is 1. The van der Waals surface area contributed by atoms with E-state index in [2.05, 4.69) is 43.5 Å². The van der Waals surface area contributed by atoms with Crippen LogP contribution in [0.15, 0.2) is 24.8 Å². The van der Waals surface area contributed by atoms with E-state index in [1.54, 1.807) is 0 Å². The summed E-state index contributed by atoms with van der Waals surface area (Å²) >= 11 is 0.782. The number of phosphoric acid groups is 3. The predicted octanol–water partition coefficient (Wildman–Crippen LogP) is -4.82. The van der Waals surface area contributed by atoms with Gasteiger partial charge in [0, 0.05) is 49.5 Å². The Bertz CT molecular complexity index is 2050. The number of carbonyl (C=O) groups is 5. The highest BCUT2D eigenvalue weighted by atomic mass is 32.2. The summed E-state index contributed by atoms with van der Waals surface area (Å²) in [5.41, 5.74) is 3.98. The van der Waals surface area contributed by atoms with Gasteiger partial charge in [0.05, 0.1) is 33.8 Å². The van der Waals surface area contributed by atoms with Crippen molar-refractivity contribution in [2.45, 2.75) is 70.2 Å². The number of aliphatic hydroxyl groups is 2. The summed E-state index contributed by atoms with van der Waals surface area (Å²) < 4.78 is 60.4. The summed E-state index contributed by atoms with van der Waals surface area (Å²) in [6.07, 6.45) is -6.22. The van der Waals surface area contributed by atoms with Crippen molar-refractivity contribution in [3.63, 3.8) is 0 Å². The molecule has 0 aliphatic carbocycles. The molecular formula is C29H39N7O20P3S-5. The molecule has 2 unspecified atom stereocenters. The smallest absolute Gasteiger partial charge is 0.274 e. The minimum absolute atomic E-state index is 0.0177. The molecule has 2 amide bonds. The number of amides is 2. The van der Waals surface area contributed by atoms with Crippen LogP contribution in [0.4, 0.5) is 5.82 Å². The van der Waals surface area contributed by atoms with E-state index < -0.39 is 108 Å². The van der Waals surface area contributed by atoms with Crippen LogP contribution >= 0.6 is 35.2 Å². The number of Topliss-reactive ketones (excluding diaryl/α,β-unsaturated/α-hetero) is 1. The van der Waals surface area contributed by atoms with Crippen LogP contribution in [0.3, 0.4) is 0 Å². The minimum Gasteiger partial charge on any atom is -0.790 e. The van der Waals surface area contributed by atoms with Crippen LogP contribution in [0, 0.1) is 5.41 Å². The van der Waals surface area contributed by atoms with Crippen molar-refractivity contribution in [3.8, 4) is 0 Å². The highest BCUT2D eigenvalue weighted by Gasteiger charge is 2.47. The summed E-state index contributed by atoms with van der Waals surface area (Å²) in [7, 11) is -17.7. The van der Waals surface area contributed by atoms with Crippen LogP contribution in [0.5, 0.6) is 0 Å². The lowest BCUT2D eigenvalue weighted by molar-refractivity contribution is -0.347.